The summed E-state index contributed by atoms with van der Waals surface area (Å²) < 4.78 is 10.8. The van der Waals surface area contributed by atoms with Crippen LogP contribution in [0.5, 0.6) is 0 Å². The standard InChI is InChI=1S/C32H59NO8/c1-28(32(38)39)19-16-17-23-33-30(35)27-41-26-25-40-24-18-21-29(34)20-14-12-10-8-6-4-2-3-5-7-9-11-13-15-22-31(36)37/h28H,2-27H2,1H3,(H,33,35)(H,36,37)(H,38,39)/t28-/m0/s1. The van der Waals surface area contributed by atoms with E-state index in [-0.39, 0.29) is 18.4 Å². The Morgan fingerprint density at radius 3 is 1.61 bits per heavy atom. The monoisotopic (exact) mass is 585 g/mol. The van der Waals surface area contributed by atoms with Crippen LogP contribution in [-0.2, 0) is 28.7 Å². The Morgan fingerprint density at radius 1 is 0.585 bits per heavy atom. The minimum Gasteiger partial charge on any atom is -0.481 e. The van der Waals surface area contributed by atoms with Crippen molar-refractivity contribution < 1.29 is 38.9 Å². The van der Waals surface area contributed by atoms with Gasteiger partial charge < -0.3 is 25.0 Å². The summed E-state index contributed by atoms with van der Waals surface area (Å²) in [6.45, 7) is 3.42. The number of unbranched alkanes of at least 4 members (excludes halogenated alkanes) is 14. The maximum atomic E-state index is 12.0. The van der Waals surface area contributed by atoms with Crippen LogP contribution in [0.4, 0.5) is 0 Å². The zero-order valence-corrected chi connectivity index (χ0v) is 25.8. The van der Waals surface area contributed by atoms with Gasteiger partial charge in [-0.05, 0) is 32.1 Å². The number of carbonyl (C=O) groups is 4. The lowest BCUT2D eigenvalue weighted by Crippen LogP contribution is -2.29. The zero-order chi connectivity index (χ0) is 30.4. The molecule has 1 amide bonds. The molecule has 0 radical (unpaired) electrons. The molecule has 0 rings (SSSR count). The van der Waals surface area contributed by atoms with Crippen molar-refractivity contribution in [3.05, 3.63) is 0 Å². The second-order valence-corrected chi connectivity index (χ2v) is 11.2. The van der Waals surface area contributed by atoms with Crippen LogP contribution in [0.1, 0.15) is 142 Å². The van der Waals surface area contributed by atoms with Gasteiger partial charge in [0.05, 0.1) is 19.1 Å². The number of aliphatic carboxylic acids is 2. The molecular formula is C32H59NO8. The van der Waals surface area contributed by atoms with E-state index in [0.29, 0.717) is 64.3 Å². The molecule has 240 valence electrons. The molecule has 9 nitrogen and oxygen atoms in total. The fourth-order valence-electron chi connectivity index (χ4n) is 4.58. The average molecular weight is 586 g/mol. The maximum absolute atomic E-state index is 12.0. The Balaban J connectivity index is 3.28. The number of ether oxygens (including phenoxy) is 2. The van der Waals surface area contributed by atoms with Crippen molar-refractivity contribution in [1.29, 1.82) is 0 Å². The van der Waals surface area contributed by atoms with E-state index in [1.807, 2.05) is 0 Å². The quantitative estimate of drug-likeness (QED) is 0.0741. The number of rotatable bonds is 32. The topological polar surface area (TPSA) is 139 Å². The summed E-state index contributed by atoms with van der Waals surface area (Å²) in [6.07, 6.45) is 20.9. The van der Waals surface area contributed by atoms with Crippen LogP contribution in [-0.4, -0.2) is 66.8 Å². The Morgan fingerprint density at radius 2 is 1.07 bits per heavy atom. The Bertz CT molecular complexity index is 670. The van der Waals surface area contributed by atoms with Crippen LogP contribution in [0.15, 0.2) is 0 Å². The lowest BCUT2D eigenvalue weighted by Gasteiger charge is -2.08. The predicted octanol–water partition coefficient (Wildman–Crippen LogP) is 6.70. The van der Waals surface area contributed by atoms with E-state index in [4.69, 9.17) is 19.7 Å². The van der Waals surface area contributed by atoms with Crippen LogP contribution < -0.4 is 5.32 Å². The molecule has 0 aromatic heterocycles. The number of carbonyl (C=O) groups excluding carboxylic acids is 2. The molecule has 0 aliphatic carbocycles. The van der Waals surface area contributed by atoms with E-state index in [2.05, 4.69) is 5.32 Å². The number of carboxylic acids is 2. The minimum atomic E-state index is -0.788. The number of hydrogen-bond acceptors (Lipinski definition) is 6. The van der Waals surface area contributed by atoms with Gasteiger partial charge in [0.15, 0.2) is 0 Å². The maximum Gasteiger partial charge on any atom is 0.306 e. The van der Waals surface area contributed by atoms with E-state index in [9.17, 15) is 19.2 Å². The molecule has 0 saturated heterocycles. The van der Waals surface area contributed by atoms with E-state index in [1.54, 1.807) is 6.92 Å². The van der Waals surface area contributed by atoms with Crippen molar-refractivity contribution in [1.82, 2.24) is 5.32 Å². The van der Waals surface area contributed by atoms with Crippen molar-refractivity contribution in [3.63, 3.8) is 0 Å². The lowest BCUT2D eigenvalue weighted by molar-refractivity contribution is -0.141. The van der Waals surface area contributed by atoms with Crippen molar-refractivity contribution in [3.8, 4) is 0 Å². The highest BCUT2D eigenvalue weighted by Crippen LogP contribution is 2.14. The highest BCUT2D eigenvalue weighted by atomic mass is 16.5. The molecule has 0 spiro atoms. The van der Waals surface area contributed by atoms with Gasteiger partial charge in [0.25, 0.3) is 0 Å². The van der Waals surface area contributed by atoms with Crippen molar-refractivity contribution >= 4 is 23.6 Å². The summed E-state index contributed by atoms with van der Waals surface area (Å²) in [6, 6.07) is 0. The van der Waals surface area contributed by atoms with Gasteiger partial charge in [-0.2, -0.15) is 0 Å². The molecule has 0 fully saturated rings. The van der Waals surface area contributed by atoms with Gasteiger partial charge in [-0.3, -0.25) is 19.2 Å². The molecule has 0 aliphatic rings. The lowest BCUT2D eigenvalue weighted by atomic mass is 10.0. The van der Waals surface area contributed by atoms with E-state index in [1.165, 1.54) is 57.8 Å². The highest BCUT2D eigenvalue weighted by molar-refractivity contribution is 5.78. The summed E-state index contributed by atoms with van der Waals surface area (Å²) in [5.74, 6) is -1.71. The number of ketones is 1. The van der Waals surface area contributed by atoms with Crippen molar-refractivity contribution in [2.45, 2.75) is 142 Å². The molecule has 0 unspecified atom stereocenters. The van der Waals surface area contributed by atoms with Gasteiger partial charge in [0.2, 0.25) is 5.91 Å². The third kappa shape index (κ3) is 30.8. The average Bonchev–Trinajstić information content (AvgIpc) is 2.93. The first-order valence-electron chi connectivity index (χ1n) is 16.2. The van der Waals surface area contributed by atoms with Gasteiger partial charge >= 0.3 is 11.9 Å². The third-order valence-corrected chi connectivity index (χ3v) is 7.25. The molecule has 0 aliphatic heterocycles. The van der Waals surface area contributed by atoms with Gasteiger partial charge in [0.1, 0.15) is 12.4 Å². The molecule has 0 saturated carbocycles. The number of Topliss-reactive ketones (excluding diaryl/α,β-unsaturated/α-hetero) is 1. The molecule has 0 aromatic rings. The van der Waals surface area contributed by atoms with E-state index < -0.39 is 11.9 Å². The third-order valence-electron chi connectivity index (χ3n) is 7.25. The number of carboxylic acid groups (broad SMARTS) is 2. The molecule has 0 bridgehead atoms. The molecular weight excluding hydrogens is 526 g/mol. The second-order valence-electron chi connectivity index (χ2n) is 11.2. The SMILES string of the molecule is C[C@@H](CCCCNC(=O)COCCOCCCC(=O)CCCCCCCCCCCCCCCCC(=O)O)C(=O)O. The zero-order valence-electron chi connectivity index (χ0n) is 25.8. The van der Waals surface area contributed by atoms with Crippen LogP contribution in [0.25, 0.3) is 0 Å². The first-order chi connectivity index (χ1) is 19.8. The fraction of sp³-hybridized carbons (Fsp3) is 0.875. The second kappa shape index (κ2) is 29.5. The predicted molar refractivity (Wildman–Crippen MR) is 161 cm³/mol. The number of nitrogens with one attached hydrogen (secondary N) is 1. The van der Waals surface area contributed by atoms with Crippen LogP contribution in [0, 0.1) is 5.92 Å². The van der Waals surface area contributed by atoms with Gasteiger partial charge in [0, 0.05) is 32.4 Å². The van der Waals surface area contributed by atoms with Crippen LogP contribution in [0.3, 0.4) is 0 Å². The van der Waals surface area contributed by atoms with Crippen LogP contribution in [0.2, 0.25) is 0 Å². The molecule has 1 atom stereocenters. The number of hydrogen-bond donors (Lipinski definition) is 3. The van der Waals surface area contributed by atoms with Crippen molar-refractivity contribution in [2.24, 2.45) is 5.92 Å². The first kappa shape index (κ1) is 39.0. The molecule has 0 aromatic carbocycles. The Labute approximate surface area is 248 Å². The summed E-state index contributed by atoms with van der Waals surface area (Å²) in [7, 11) is 0. The smallest absolute Gasteiger partial charge is 0.306 e. The Kier molecular flexibility index (Phi) is 28.1. The summed E-state index contributed by atoms with van der Waals surface area (Å²) in [5, 5.41) is 20.2. The molecule has 0 heterocycles. The Hall–Kier alpha value is -2.00. The molecule has 41 heavy (non-hydrogen) atoms. The largest absolute Gasteiger partial charge is 0.481 e. The summed E-state index contributed by atoms with van der Waals surface area (Å²) in [5.41, 5.74) is 0. The number of amides is 1. The molecule has 9 heteroatoms. The van der Waals surface area contributed by atoms with Gasteiger partial charge in [-0.25, -0.2) is 0 Å². The summed E-state index contributed by atoms with van der Waals surface area (Å²) >= 11 is 0. The highest BCUT2D eigenvalue weighted by Gasteiger charge is 2.10. The van der Waals surface area contributed by atoms with Crippen LogP contribution >= 0.6 is 0 Å². The van der Waals surface area contributed by atoms with E-state index >= 15 is 0 Å². The summed E-state index contributed by atoms with van der Waals surface area (Å²) in [4.78, 5) is 44.9. The minimum absolute atomic E-state index is 0.0205. The molecule has 3 N–H and O–H groups in total. The van der Waals surface area contributed by atoms with Gasteiger partial charge in [-0.1, -0.05) is 90.4 Å². The van der Waals surface area contributed by atoms with Gasteiger partial charge in [-0.15, -0.1) is 0 Å². The van der Waals surface area contributed by atoms with E-state index in [0.717, 1.165) is 44.9 Å². The first-order valence-corrected chi connectivity index (χ1v) is 16.2. The normalized spacial score (nSPS) is 11.8. The fourth-order valence-corrected chi connectivity index (χ4v) is 4.58. The van der Waals surface area contributed by atoms with Crippen molar-refractivity contribution in [2.75, 3.05) is 33.0 Å².